The van der Waals surface area contributed by atoms with Gasteiger partial charge >= 0.3 is 12.7 Å². The number of hydrogen-bond donors (Lipinski definition) is 2. The first-order chi connectivity index (χ1) is 11.9. The number of carboxylic acid groups (broad SMARTS) is 1. The Morgan fingerprint density at radius 3 is 2.76 bits per heavy atom. The van der Waals surface area contributed by atoms with E-state index in [4.69, 9.17) is 14.6 Å². The topological polar surface area (TPSA) is 77.0 Å². The fourth-order valence-corrected chi connectivity index (χ4v) is 3.29. The third-order valence-electron chi connectivity index (χ3n) is 3.58. The van der Waals surface area contributed by atoms with Gasteiger partial charge < -0.3 is 19.3 Å². The van der Waals surface area contributed by atoms with Crippen LogP contribution in [0.25, 0.3) is 11.1 Å². The molecule has 1 atom stereocenters. The van der Waals surface area contributed by atoms with Gasteiger partial charge in [0.25, 0.3) is 0 Å². The first kappa shape index (κ1) is 17.4. The van der Waals surface area contributed by atoms with E-state index in [9.17, 15) is 13.6 Å². The van der Waals surface area contributed by atoms with Gasteiger partial charge in [0.15, 0.2) is 0 Å². The van der Waals surface area contributed by atoms with E-state index < -0.39 is 19.0 Å². The summed E-state index contributed by atoms with van der Waals surface area (Å²) in [5.41, 5.74) is 1.61. The molecule has 0 saturated carbocycles. The van der Waals surface area contributed by atoms with Crippen LogP contribution >= 0.6 is 15.9 Å². The maximum Gasteiger partial charge on any atom is 0.409 e. The van der Waals surface area contributed by atoms with E-state index >= 15 is 0 Å². The largest absolute Gasteiger partial charge is 0.465 e. The molecule has 0 fully saturated rings. The summed E-state index contributed by atoms with van der Waals surface area (Å²) in [4.78, 5) is 10.9. The van der Waals surface area contributed by atoms with E-state index in [2.05, 4.69) is 26.0 Å². The molecule has 0 aliphatic carbocycles. The molecule has 132 valence electrons. The lowest BCUT2D eigenvalue weighted by Gasteiger charge is -2.30. The number of anilines is 1. The molecule has 3 rings (SSSR count). The number of carbonyl (C=O) groups is 1. The van der Waals surface area contributed by atoms with Crippen LogP contribution in [0.4, 0.5) is 19.3 Å². The number of hydrogen-bond acceptors (Lipinski definition) is 4. The minimum absolute atomic E-state index is 0.0471. The summed E-state index contributed by atoms with van der Waals surface area (Å²) in [6.07, 6.45) is -2.09. The average Bonchev–Trinajstić information content (AvgIpc) is 2.55. The molecule has 6 nitrogen and oxygen atoms in total. The van der Waals surface area contributed by atoms with Crippen molar-refractivity contribution in [3.8, 4) is 22.6 Å². The fraction of sp³-hybridized carbons (Fsp3) is 0.188. The minimum Gasteiger partial charge on any atom is -0.465 e. The smallest absolute Gasteiger partial charge is 0.409 e. The molecule has 1 heterocycles. The van der Waals surface area contributed by atoms with Crippen molar-refractivity contribution < 1.29 is 32.9 Å². The molecule has 1 unspecified atom stereocenters. The highest BCUT2D eigenvalue weighted by atomic mass is 79.9. The van der Waals surface area contributed by atoms with Crippen LogP contribution in [-0.4, -0.2) is 24.9 Å². The number of ether oxygens (including phenoxy) is 3. The number of nitrogens with one attached hydrogen (secondary N) is 1. The monoisotopic (exact) mass is 415 g/mol. The Balaban J connectivity index is 2.21. The van der Waals surface area contributed by atoms with Crippen molar-refractivity contribution in [3.05, 3.63) is 40.4 Å². The highest BCUT2D eigenvalue weighted by molar-refractivity contribution is 9.10. The molecule has 0 radical (unpaired) electrons. The molecule has 0 saturated heterocycles. The van der Waals surface area contributed by atoms with Gasteiger partial charge in [-0.3, -0.25) is 5.32 Å². The normalized spacial score (nSPS) is 15.2. The summed E-state index contributed by atoms with van der Waals surface area (Å²) in [6.45, 7) is -2.99. The maximum absolute atomic E-state index is 12.7. The van der Waals surface area contributed by atoms with Gasteiger partial charge in [-0.25, -0.2) is 4.79 Å². The average molecular weight is 416 g/mol. The lowest BCUT2D eigenvalue weighted by atomic mass is 9.94. The van der Waals surface area contributed by atoms with Crippen molar-refractivity contribution >= 4 is 27.7 Å². The van der Waals surface area contributed by atoms with Gasteiger partial charge in [0, 0.05) is 12.7 Å². The van der Waals surface area contributed by atoms with Gasteiger partial charge in [0.2, 0.25) is 6.29 Å². The van der Waals surface area contributed by atoms with Crippen LogP contribution < -0.4 is 14.8 Å². The van der Waals surface area contributed by atoms with E-state index in [1.54, 1.807) is 12.1 Å². The lowest BCUT2D eigenvalue weighted by molar-refractivity contribution is -0.0607. The van der Waals surface area contributed by atoms with Crippen LogP contribution in [0, 0.1) is 0 Å². The van der Waals surface area contributed by atoms with Crippen LogP contribution in [-0.2, 0) is 4.74 Å². The van der Waals surface area contributed by atoms with Crippen molar-refractivity contribution in [2.24, 2.45) is 0 Å². The molecule has 0 bridgehead atoms. The van der Waals surface area contributed by atoms with Crippen LogP contribution in [0.1, 0.15) is 11.9 Å². The number of methoxy groups -OCH3 is 1. The molecule has 1 aliphatic heterocycles. The van der Waals surface area contributed by atoms with Crippen LogP contribution in [0.15, 0.2) is 34.8 Å². The summed E-state index contributed by atoms with van der Waals surface area (Å²) < 4.78 is 41.5. The highest BCUT2D eigenvalue weighted by Crippen LogP contribution is 2.51. The molecule has 1 aliphatic rings. The van der Waals surface area contributed by atoms with Gasteiger partial charge in [-0.1, -0.05) is 12.1 Å². The highest BCUT2D eigenvalue weighted by Gasteiger charge is 2.32. The molecular weight excluding hydrogens is 404 g/mol. The zero-order valence-corrected chi connectivity index (χ0v) is 14.3. The predicted octanol–water partition coefficient (Wildman–Crippen LogP) is 4.84. The molecule has 0 aromatic heterocycles. The van der Waals surface area contributed by atoms with Crippen molar-refractivity contribution in [1.82, 2.24) is 0 Å². The van der Waals surface area contributed by atoms with Crippen molar-refractivity contribution in [1.29, 1.82) is 0 Å². The zero-order valence-electron chi connectivity index (χ0n) is 12.8. The van der Waals surface area contributed by atoms with E-state index in [0.717, 1.165) is 0 Å². The summed E-state index contributed by atoms with van der Waals surface area (Å²) in [5.74, 6) is 0.275. The van der Waals surface area contributed by atoms with Gasteiger partial charge in [-0.2, -0.15) is 8.78 Å². The van der Waals surface area contributed by atoms with Crippen LogP contribution in [0.5, 0.6) is 11.5 Å². The summed E-state index contributed by atoms with van der Waals surface area (Å²) in [5, 5.41) is 11.2. The summed E-state index contributed by atoms with van der Waals surface area (Å²) in [6, 6.07) is 7.65. The summed E-state index contributed by atoms with van der Waals surface area (Å²) >= 11 is 3.33. The first-order valence-electron chi connectivity index (χ1n) is 7.02. The molecule has 1 amide bonds. The number of amides is 1. The molecule has 2 aromatic carbocycles. The minimum atomic E-state index is -2.99. The second-order valence-electron chi connectivity index (χ2n) is 5.01. The molecule has 2 N–H and O–H groups in total. The molecule has 25 heavy (non-hydrogen) atoms. The predicted molar refractivity (Wildman–Crippen MR) is 88.2 cm³/mol. The van der Waals surface area contributed by atoms with Crippen molar-refractivity contribution in [2.45, 2.75) is 12.9 Å². The second-order valence-corrected chi connectivity index (χ2v) is 5.80. The van der Waals surface area contributed by atoms with Gasteiger partial charge in [-0.15, -0.1) is 0 Å². The Labute approximate surface area is 149 Å². The number of alkyl halides is 2. The third-order valence-corrected chi connectivity index (χ3v) is 4.43. The van der Waals surface area contributed by atoms with E-state index in [1.165, 1.54) is 25.3 Å². The van der Waals surface area contributed by atoms with Crippen molar-refractivity contribution in [2.75, 3.05) is 12.4 Å². The standard InChI is InChI=1S/C16H12BrF2NO5/c1-23-14-12-7(5-6-8(13(12)17)20-16(21)22)11-9(24-14)3-2-4-10(11)25-15(18)19/h2-6,14-15,20H,1H3,(H,21,22). The number of fused-ring (bicyclic) bond motifs is 3. The van der Waals surface area contributed by atoms with Crippen molar-refractivity contribution in [3.63, 3.8) is 0 Å². The Morgan fingerprint density at radius 1 is 1.36 bits per heavy atom. The number of halogens is 3. The fourth-order valence-electron chi connectivity index (χ4n) is 2.66. The molecule has 9 heteroatoms. The quantitative estimate of drug-likeness (QED) is 0.746. The van der Waals surface area contributed by atoms with E-state index in [-0.39, 0.29) is 11.4 Å². The third kappa shape index (κ3) is 3.24. The molecular formula is C16H12BrF2NO5. The van der Waals surface area contributed by atoms with Gasteiger partial charge in [0.1, 0.15) is 11.5 Å². The maximum atomic E-state index is 12.7. The van der Waals surface area contributed by atoms with E-state index in [1.807, 2.05) is 0 Å². The Bertz CT molecular complexity index is 830. The Hall–Kier alpha value is -2.39. The molecule has 2 aromatic rings. The lowest BCUT2D eigenvalue weighted by Crippen LogP contribution is -2.18. The van der Waals surface area contributed by atoms with E-state index in [0.29, 0.717) is 26.9 Å². The van der Waals surface area contributed by atoms with Crippen LogP contribution in [0.2, 0.25) is 0 Å². The van der Waals surface area contributed by atoms with Gasteiger partial charge in [-0.05, 0) is 39.7 Å². The number of rotatable bonds is 4. The zero-order chi connectivity index (χ0) is 18.1. The SMILES string of the molecule is COC1Oc2cccc(OC(F)F)c2-c2ccc(NC(=O)O)c(Br)c21. The van der Waals surface area contributed by atoms with Gasteiger partial charge in [0.05, 0.1) is 15.7 Å². The second kappa shape index (κ2) is 6.85. The Kier molecular flexibility index (Phi) is 4.78. The summed E-state index contributed by atoms with van der Waals surface area (Å²) in [7, 11) is 1.42. The van der Waals surface area contributed by atoms with Crippen LogP contribution in [0.3, 0.4) is 0 Å². The Morgan fingerprint density at radius 2 is 2.12 bits per heavy atom. The first-order valence-corrected chi connectivity index (χ1v) is 7.81. The number of benzene rings is 2. The molecule has 0 spiro atoms.